The van der Waals surface area contributed by atoms with Crippen molar-refractivity contribution < 1.29 is 17.4 Å². The maximum Gasteiger partial charge on any atom is 0.347 e. The highest BCUT2D eigenvalue weighted by Crippen LogP contribution is 2.14. The maximum absolute atomic E-state index is 11.9. The number of ether oxygens (including phenoxy) is 1. The van der Waals surface area contributed by atoms with Crippen LogP contribution in [0.25, 0.3) is 0 Å². The van der Waals surface area contributed by atoms with Crippen LogP contribution in [0.3, 0.4) is 0 Å². The molecule has 0 heterocycles. The Labute approximate surface area is 139 Å². The Hall–Kier alpha value is -1.11. The Morgan fingerprint density at radius 1 is 1.10 bits per heavy atom. The summed E-state index contributed by atoms with van der Waals surface area (Å²) in [5.41, 5.74) is 0.862. The van der Waals surface area contributed by atoms with Gasteiger partial charge < -0.3 is 7.80 Å². The Morgan fingerprint density at radius 2 is 1.67 bits per heavy atom. The molecule has 0 amide bonds. The average molecular weight is 404 g/mol. The number of halogens is 1. The van der Waals surface area contributed by atoms with Crippen LogP contribution in [0.15, 0.2) is 24.3 Å². The molecule has 116 valence electrons. The molecule has 4 nitrogen and oxygen atoms in total. The van der Waals surface area contributed by atoms with Gasteiger partial charge >= 0.3 is 11.9 Å². The van der Waals surface area contributed by atoms with E-state index in [9.17, 15) is 9.59 Å². The molecule has 1 atom stereocenters. The van der Waals surface area contributed by atoms with E-state index < -0.39 is 5.97 Å². The monoisotopic (exact) mass is 404 g/mol. The molecule has 0 aromatic heterocycles. The lowest BCUT2D eigenvalue weighted by Gasteiger charge is -2.14. The molecule has 0 bridgehead atoms. The zero-order valence-electron chi connectivity index (χ0n) is 12.4. The number of carbonyl (C=O) groups is 2. The number of benzene rings is 1. The van der Waals surface area contributed by atoms with Gasteiger partial charge in [0.2, 0.25) is 0 Å². The standard InChI is InChI=1S/C16H21IO4/c1-3-5-6-12(4-2)11-20-15(18)13-7-9-14(10-8-13)16(19)21-17/h7-10,12H,3-6,11H2,1-2H3. The van der Waals surface area contributed by atoms with E-state index >= 15 is 0 Å². The van der Waals surface area contributed by atoms with Crippen molar-refractivity contribution in [3.8, 4) is 0 Å². The van der Waals surface area contributed by atoms with Gasteiger partial charge in [0, 0.05) is 0 Å². The van der Waals surface area contributed by atoms with Crippen molar-refractivity contribution in [1.82, 2.24) is 0 Å². The lowest BCUT2D eigenvalue weighted by atomic mass is 10.0. The van der Waals surface area contributed by atoms with E-state index in [2.05, 4.69) is 16.9 Å². The zero-order valence-corrected chi connectivity index (χ0v) is 14.6. The topological polar surface area (TPSA) is 52.6 Å². The van der Waals surface area contributed by atoms with Crippen LogP contribution in [0.4, 0.5) is 0 Å². The molecule has 1 aromatic rings. The summed E-state index contributed by atoms with van der Waals surface area (Å²) in [6.45, 7) is 4.71. The van der Waals surface area contributed by atoms with Gasteiger partial charge in [-0.1, -0.05) is 33.1 Å². The summed E-state index contributed by atoms with van der Waals surface area (Å²) >= 11 is 1.53. The third-order valence-corrected chi connectivity index (χ3v) is 3.82. The first-order chi connectivity index (χ1) is 10.1. The summed E-state index contributed by atoms with van der Waals surface area (Å²) in [6.07, 6.45) is 4.40. The maximum atomic E-state index is 11.9. The zero-order chi connectivity index (χ0) is 15.7. The van der Waals surface area contributed by atoms with Crippen LogP contribution in [0.5, 0.6) is 0 Å². The number of carbonyl (C=O) groups excluding carboxylic acids is 2. The van der Waals surface area contributed by atoms with Crippen molar-refractivity contribution >= 4 is 34.9 Å². The predicted octanol–water partition coefficient (Wildman–Crippen LogP) is 4.57. The van der Waals surface area contributed by atoms with Crippen LogP contribution in [-0.2, 0) is 7.80 Å². The van der Waals surface area contributed by atoms with Crippen molar-refractivity contribution in [2.45, 2.75) is 39.5 Å². The summed E-state index contributed by atoms with van der Waals surface area (Å²) in [6, 6.07) is 6.29. The van der Waals surface area contributed by atoms with Crippen LogP contribution in [0.2, 0.25) is 0 Å². The molecule has 5 heteroatoms. The van der Waals surface area contributed by atoms with Gasteiger partial charge in [-0.05, 0) is 36.6 Å². The van der Waals surface area contributed by atoms with Crippen molar-refractivity contribution in [2.24, 2.45) is 5.92 Å². The molecule has 0 aliphatic rings. The molecule has 0 N–H and O–H groups in total. The van der Waals surface area contributed by atoms with Crippen LogP contribution >= 0.6 is 23.0 Å². The predicted molar refractivity (Wildman–Crippen MR) is 89.5 cm³/mol. The molecular weight excluding hydrogens is 383 g/mol. The van der Waals surface area contributed by atoms with E-state index in [-0.39, 0.29) is 5.97 Å². The second-order valence-electron chi connectivity index (χ2n) is 4.96. The normalized spacial score (nSPS) is 11.8. The molecule has 0 saturated carbocycles. The van der Waals surface area contributed by atoms with E-state index in [1.807, 2.05) is 0 Å². The van der Waals surface area contributed by atoms with Crippen LogP contribution in [-0.4, -0.2) is 18.5 Å². The molecule has 0 saturated heterocycles. The molecule has 1 unspecified atom stereocenters. The summed E-state index contributed by atoms with van der Waals surface area (Å²) < 4.78 is 9.93. The second kappa shape index (κ2) is 9.76. The quantitative estimate of drug-likeness (QED) is 0.471. The highest BCUT2D eigenvalue weighted by Gasteiger charge is 2.13. The van der Waals surface area contributed by atoms with E-state index in [0.717, 1.165) is 25.7 Å². The van der Waals surface area contributed by atoms with Crippen molar-refractivity contribution in [2.75, 3.05) is 6.61 Å². The number of rotatable bonds is 8. The van der Waals surface area contributed by atoms with Gasteiger partial charge in [0.25, 0.3) is 0 Å². The number of hydrogen-bond acceptors (Lipinski definition) is 4. The summed E-state index contributed by atoms with van der Waals surface area (Å²) in [4.78, 5) is 23.3. The smallest absolute Gasteiger partial charge is 0.347 e. The fraction of sp³-hybridized carbons (Fsp3) is 0.500. The molecule has 0 radical (unpaired) electrons. The largest absolute Gasteiger partial charge is 0.462 e. The third kappa shape index (κ3) is 6.03. The Balaban J connectivity index is 2.53. The van der Waals surface area contributed by atoms with Crippen molar-refractivity contribution in [3.05, 3.63) is 35.4 Å². The highest BCUT2D eigenvalue weighted by molar-refractivity contribution is 14.1. The molecule has 1 rings (SSSR count). The molecule has 0 spiro atoms. The van der Waals surface area contributed by atoms with Gasteiger partial charge in [0.15, 0.2) is 23.0 Å². The molecule has 0 aliphatic carbocycles. The first kappa shape index (κ1) is 17.9. The van der Waals surface area contributed by atoms with Gasteiger partial charge in [0.1, 0.15) is 0 Å². The molecule has 0 aliphatic heterocycles. The minimum Gasteiger partial charge on any atom is -0.462 e. The summed E-state index contributed by atoms with van der Waals surface area (Å²) in [7, 11) is 0. The van der Waals surface area contributed by atoms with E-state index in [0.29, 0.717) is 23.7 Å². The first-order valence-corrected chi connectivity index (χ1v) is 8.10. The second-order valence-corrected chi connectivity index (χ2v) is 5.40. The highest BCUT2D eigenvalue weighted by atomic mass is 127. The minimum absolute atomic E-state index is 0.348. The van der Waals surface area contributed by atoms with Crippen LogP contribution in [0, 0.1) is 5.92 Å². The Kier molecular flexibility index (Phi) is 8.34. The fourth-order valence-corrected chi connectivity index (χ4v) is 2.22. The number of hydrogen-bond donors (Lipinski definition) is 0. The van der Waals surface area contributed by atoms with Gasteiger partial charge in [-0.15, -0.1) is 0 Å². The number of esters is 1. The van der Waals surface area contributed by atoms with Gasteiger partial charge in [-0.3, -0.25) is 0 Å². The Morgan fingerprint density at radius 3 is 2.14 bits per heavy atom. The Bertz CT molecular complexity index is 456. The minimum atomic E-state index is -0.430. The molecular formula is C16H21IO4. The van der Waals surface area contributed by atoms with Crippen LogP contribution < -0.4 is 0 Å². The van der Waals surface area contributed by atoms with Gasteiger partial charge in [-0.25, -0.2) is 9.59 Å². The molecule has 21 heavy (non-hydrogen) atoms. The van der Waals surface area contributed by atoms with Gasteiger partial charge in [-0.2, -0.15) is 0 Å². The average Bonchev–Trinajstić information content (AvgIpc) is 2.54. The van der Waals surface area contributed by atoms with Crippen molar-refractivity contribution in [1.29, 1.82) is 0 Å². The van der Waals surface area contributed by atoms with Crippen molar-refractivity contribution in [3.63, 3.8) is 0 Å². The summed E-state index contributed by atoms with van der Waals surface area (Å²) in [5.74, 6) is -0.359. The fourth-order valence-electron chi connectivity index (χ4n) is 1.96. The lowest BCUT2D eigenvalue weighted by Crippen LogP contribution is -2.14. The summed E-state index contributed by atoms with van der Waals surface area (Å²) in [5, 5.41) is 0. The SMILES string of the molecule is CCCCC(CC)COC(=O)c1ccc(C(=O)OI)cc1. The molecule has 1 aromatic carbocycles. The van der Waals surface area contributed by atoms with E-state index in [1.165, 1.54) is 23.0 Å². The molecule has 0 fully saturated rings. The van der Waals surface area contributed by atoms with Crippen LogP contribution in [0.1, 0.15) is 60.2 Å². The number of unbranched alkanes of at least 4 members (excludes halogenated alkanes) is 1. The van der Waals surface area contributed by atoms with E-state index in [4.69, 9.17) is 4.74 Å². The van der Waals surface area contributed by atoms with Gasteiger partial charge in [0.05, 0.1) is 17.7 Å². The first-order valence-electron chi connectivity index (χ1n) is 7.22. The van der Waals surface area contributed by atoms with E-state index in [1.54, 1.807) is 24.3 Å². The lowest BCUT2D eigenvalue weighted by molar-refractivity contribution is 0.0427. The third-order valence-electron chi connectivity index (χ3n) is 3.42.